The van der Waals surface area contributed by atoms with Crippen molar-refractivity contribution in [3.8, 4) is 12.0 Å². The molecule has 0 saturated heterocycles. The maximum Gasteiger partial charge on any atom is 0.197 e. The second-order valence-electron chi connectivity index (χ2n) is 4.20. The van der Waals surface area contributed by atoms with E-state index in [-0.39, 0.29) is 5.43 Å². The molecule has 1 aromatic heterocycles. The molecule has 3 rings (SSSR count). The third kappa shape index (κ3) is 1.80. The molecule has 0 saturated carbocycles. The Balaban J connectivity index is 2.69. The highest BCUT2D eigenvalue weighted by atomic mass is 35.5. The summed E-state index contributed by atoms with van der Waals surface area (Å²) in [6.07, 6.45) is 0. The lowest BCUT2D eigenvalue weighted by atomic mass is 10.1. The zero-order valence-corrected chi connectivity index (χ0v) is 11.0. The highest BCUT2D eigenvalue weighted by Gasteiger charge is 2.09. The minimum Gasteiger partial charge on any atom is -0.288 e. The van der Waals surface area contributed by atoms with E-state index >= 15 is 0 Å². The average Bonchev–Trinajstić information content (AvgIpc) is 2.43. The van der Waals surface area contributed by atoms with Crippen molar-refractivity contribution in [2.45, 2.75) is 6.92 Å². The largest absolute Gasteiger partial charge is 0.288 e. The van der Waals surface area contributed by atoms with Gasteiger partial charge in [0, 0.05) is 21.8 Å². The number of fused-ring (bicyclic) bond motifs is 2. The van der Waals surface area contributed by atoms with Gasteiger partial charge in [-0.3, -0.25) is 9.36 Å². The van der Waals surface area contributed by atoms with Crippen molar-refractivity contribution in [3.63, 3.8) is 0 Å². The minimum atomic E-state index is 0.0106. The monoisotopic (exact) mass is 267 g/mol. The average molecular weight is 268 g/mol. The van der Waals surface area contributed by atoms with Gasteiger partial charge in [0.15, 0.2) is 5.43 Å². The summed E-state index contributed by atoms with van der Waals surface area (Å²) in [5.74, 6) is 2.88. The molecule has 0 aliphatic heterocycles. The van der Waals surface area contributed by atoms with Crippen molar-refractivity contribution in [2.75, 3.05) is 0 Å². The number of aromatic nitrogens is 1. The van der Waals surface area contributed by atoms with Crippen LogP contribution in [0.1, 0.15) is 6.92 Å². The lowest BCUT2D eigenvalue weighted by Crippen LogP contribution is -2.08. The fourth-order valence-electron chi connectivity index (χ4n) is 2.25. The predicted molar refractivity (Wildman–Crippen MR) is 79.6 cm³/mol. The van der Waals surface area contributed by atoms with Gasteiger partial charge in [-0.15, -0.1) is 0 Å². The third-order valence-corrected chi connectivity index (χ3v) is 3.29. The number of nitrogens with zero attached hydrogens (tertiary/aromatic N) is 1. The molecule has 92 valence electrons. The van der Waals surface area contributed by atoms with Gasteiger partial charge in [0.25, 0.3) is 0 Å². The first-order valence-corrected chi connectivity index (χ1v) is 6.26. The van der Waals surface area contributed by atoms with E-state index in [4.69, 9.17) is 11.6 Å². The molecule has 3 heteroatoms. The molecule has 0 radical (unpaired) electrons. The van der Waals surface area contributed by atoms with Crippen LogP contribution in [-0.4, -0.2) is 4.57 Å². The zero-order chi connectivity index (χ0) is 13.4. The van der Waals surface area contributed by atoms with Crippen LogP contribution in [0.15, 0.2) is 47.3 Å². The first-order chi connectivity index (χ1) is 9.22. The molecule has 0 unspecified atom stereocenters. The maximum absolute atomic E-state index is 12.5. The summed E-state index contributed by atoms with van der Waals surface area (Å²) in [7, 11) is 0. The summed E-state index contributed by atoms with van der Waals surface area (Å²) in [5, 5.41) is 1.89. The van der Waals surface area contributed by atoms with Crippen LogP contribution in [0, 0.1) is 12.0 Å². The summed E-state index contributed by atoms with van der Waals surface area (Å²) >= 11 is 6.03. The van der Waals surface area contributed by atoms with Crippen LogP contribution in [0.25, 0.3) is 21.8 Å². The van der Waals surface area contributed by atoms with E-state index in [9.17, 15) is 4.79 Å². The van der Waals surface area contributed by atoms with Gasteiger partial charge in [-0.2, -0.15) is 0 Å². The molecule has 0 atom stereocenters. The molecule has 1 heterocycles. The van der Waals surface area contributed by atoms with Gasteiger partial charge in [0.2, 0.25) is 0 Å². The number of rotatable bonds is 0. The van der Waals surface area contributed by atoms with Crippen molar-refractivity contribution in [1.29, 1.82) is 0 Å². The summed E-state index contributed by atoms with van der Waals surface area (Å²) in [4.78, 5) is 12.5. The van der Waals surface area contributed by atoms with E-state index in [0.717, 1.165) is 11.0 Å². The topological polar surface area (TPSA) is 22.0 Å². The second kappa shape index (κ2) is 4.46. The molecule has 2 nitrogen and oxygen atoms in total. The molecular formula is C16H10ClNO. The first kappa shape index (κ1) is 11.8. The van der Waals surface area contributed by atoms with Crippen molar-refractivity contribution >= 4 is 33.4 Å². The fraction of sp³-hybridized carbons (Fsp3) is 0.0625. The number of hydrogen-bond acceptors (Lipinski definition) is 1. The molecule has 0 amide bonds. The summed E-state index contributed by atoms with van der Waals surface area (Å²) in [6.45, 7) is 1.77. The second-order valence-corrected chi connectivity index (χ2v) is 4.64. The number of benzene rings is 2. The van der Waals surface area contributed by atoms with Crippen LogP contribution in [0.3, 0.4) is 0 Å². The standard InChI is InChI=1S/C16H10ClNO/c1-2-9-18-14-6-4-3-5-12(14)16(19)13-8-7-11(17)10-15(13)18/h3-8,10H,1H3. The molecule has 0 N–H and O–H groups in total. The van der Waals surface area contributed by atoms with Gasteiger partial charge < -0.3 is 0 Å². The number of para-hydroxylation sites is 1. The van der Waals surface area contributed by atoms with Crippen molar-refractivity contribution in [3.05, 3.63) is 57.7 Å². The van der Waals surface area contributed by atoms with Gasteiger partial charge in [-0.25, -0.2) is 0 Å². The van der Waals surface area contributed by atoms with E-state index in [1.807, 2.05) is 28.8 Å². The summed E-state index contributed by atoms with van der Waals surface area (Å²) < 4.78 is 1.82. The number of pyridine rings is 1. The zero-order valence-electron chi connectivity index (χ0n) is 10.3. The van der Waals surface area contributed by atoms with Crippen LogP contribution in [0.4, 0.5) is 0 Å². The van der Waals surface area contributed by atoms with Crippen LogP contribution < -0.4 is 5.43 Å². The molecular weight excluding hydrogens is 258 g/mol. The Labute approximate surface area is 115 Å². The number of halogens is 1. The maximum atomic E-state index is 12.5. The SMILES string of the molecule is CC#Cn1c2ccccc2c(=O)c2ccc(Cl)cc21. The smallest absolute Gasteiger partial charge is 0.197 e. The third-order valence-electron chi connectivity index (χ3n) is 3.06. The van der Waals surface area contributed by atoms with E-state index < -0.39 is 0 Å². The molecule has 0 aliphatic carbocycles. The predicted octanol–water partition coefficient (Wildman–Crippen LogP) is 3.64. The molecule has 0 bridgehead atoms. The van der Waals surface area contributed by atoms with E-state index in [0.29, 0.717) is 15.8 Å². The van der Waals surface area contributed by atoms with Gasteiger partial charge in [-0.1, -0.05) is 29.7 Å². The Kier molecular flexibility index (Phi) is 2.77. The molecule has 3 aromatic rings. The lowest BCUT2D eigenvalue weighted by molar-refractivity contribution is 1.23. The molecule has 0 fully saturated rings. The Morgan fingerprint density at radius 3 is 2.58 bits per heavy atom. The van der Waals surface area contributed by atoms with E-state index in [2.05, 4.69) is 12.0 Å². The molecule has 0 spiro atoms. The lowest BCUT2D eigenvalue weighted by Gasteiger charge is -2.09. The Bertz CT molecular complexity index is 913. The van der Waals surface area contributed by atoms with Crippen LogP contribution in [0.2, 0.25) is 5.02 Å². The van der Waals surface area contributed by atoms with Crippen LogP contribution in [-0.2, 0) is 0 Å². The molecule has 2 aromatic carbocycles. The quantitative estimate of drug-likeness (QED) is 0.450. The Morgan fingerprint density at radius 1 is 1.05 bits per heavy atom. The highest BCUT2D eigenvalue weighted by molar-refractivity contribution is 6.31. The Hall–Kier alpha value is -2.24. The van der Waals surface area contributed by atoms with Gasteiger partial charge in [0.05, 0.1) is 11.0 Å². The van der Waals surface area contributed by atoms with E-state index in [1.54, 1.807) is 25.1 Å². The van der Waals surface area contributed by atoms with Crippen LogP contribution >= 0.6 is 11.6 Å². The van der Waals surface area contributed by atoms with Crippen molar-refractivity contribution in [2.24, 2.45) is 0 Å². The van der Waals surface area contributed by atoms with Gasteiger partial charge in [-0.05, 0) is 37.3 Å². The Morgan fingerprint density at radius 2 is 1.79 bits per heavy atom. The number of hydrogen-bond donors (Lipinski definition) is 0. The molecule has 0 aliphatic rings. The van der Waals surface area contributed by atoms with Gasteiger partial charge in [0.1, 0.15) is 0 Å². The first-order valence-electron chi connectivity index (χ1n) is 5.88. The highest BCUT2D eigenvalue weighted by Crippen LogP contribution is 2.21. The fourth-order valence-corrected chi connectivity index (χ4v) is 2.42. The summed E-state index contributed by atoms with van der Waals surface area (Å²) in [5.41, 5.74) is 1.55. The van der Waals surface area contributed by atoms with Gasteiger partial charge >= 0.3 is 0 Å². The molecule has 19 heavy (non-hydrogen) atoms. The van der Waals surface area contributed by atoms with Crippen molar-refractivity contribution < 1.29 is 0 Å². The van der Waals surface area contributed by atoms with E-state index in [1.165, 1.54) is 0 Å². The van der Waals surface area contributed by atoms with Crippen molar-refractivity contribution in [1.82, 2.24) is 4.57 Å². The normalized spacial score (nSPS) is 10.4. The summed E-state index contributed by atoms with van der Waals surface area (Å²) in [6, 6.07) is 15.7. The van der Waals surface area contributed by atoms with Crippen LogP contribution in [0.5, 0.6) is 0 Å². The minimum absolute atomic E-state index is 0.0106.